The molecule has 1 aliphatic heterocycles. The van der Waals surface area contributed by atoms with E-state index >= 15 is 0 Å². The lowest BCUT2D eigenvalue weighted by molar-refractivity contribution is -0.112. The summed E-state index contributed by atoms with van der Waals surface area (Å²) >= 11 is 6.11. The van der Waals surface area contributed by atoms with Crippen LogP contribution in [0.2, 0.25) is 5.02 Å². The van der Waals surface area contributed by atoms with E-state index in [2.05, 4.69) is 10.2 Å². The van der Waals surface area contributed by atoms with Gasteiger partial charge >= 0.3 is 0 Å². The van der Waals surface area contributed by atoms with Gasteiger partial charge in [-0.2, -0.15) is 5.26 Å². The zero-order chi connectivity index (χ0) is 20.8. The summed E-state index contributed by atoms with van der Waals surface area (Å²) < 4.78 is 5.53. The fourth-order valence-electron chi connectivity index (χ4n) is 3.40. The van der Waals surface area contributed by atoms with Crippen molar-refractivity contribution in [2.45, 2.75) is 26.2 Å². The molecule has 6 heteroatoms. The van der Waals surface area contributed by atoms with E-state index in [4.69, 9.17) is 16.3 Å². The van der Waals surface area contributed by atoms with Gasteiger partial charge in [-0.05, 0) is 62.1 Å². The van der Waals surface area contributed by atoms with Crippen molar-refractivity contribution in [1.82, 2.24) is 0 Å². The first-order valence-electron chi connectivity index (χ1n) is 9.64. The number of hydrogen-bond donors (Lipinski definition) is 1. The average Bonchev–Trinajstić information content (AvgIpc) is 2.75. The van der Waals surface area contributed by atoms with Gasteiger partial charge < -0.3 is 15.0 Å². The van der Waals surface area contributed by atoms with E-state index in [0.717, 1.165) is 24.3 Å². The zero-order valence-corrected chi connectivity index (χ0v) is 17.4. The maximum atomic E-state index is 12.6. The summed E-state index contributed by atoms with van der Waals surface area (Å²) in [5, 5.41) is 12.8. The normalized spacial score (nSPS) is 14.3. The molecule has 29 heavy (non-hydrogen) atoms. The summed E-state index contributed by atoms with van der Waals surface area (Å²) in [5.74, 6) is 0.146. The highest BCUT2D eigenvalue weighted by Crippen LogP contribution is 2.29. The maximum Gasteiger partial charge on any atom is 0.266 e. The predicted octanol–water partition coefficient (Wildman–Crippen LogP) is 5.19. The molecule has 1 saturated heterocycles. The molecule has 0 bridgehead atoms. The number of rotatable bonds is 5. The fraction of sp³-hybridized carbons (Fsp3) is 0.304. The van der Waals surface area contributed by atoms with Crippen LogP contribution in [-0.2, 0) is 4.79 Å². The van der Waals surface area contributed by atoms with Crippen LogP contribution in [0.25, 0.3) is 6.08 Å². The lowest BCUT2D eigenvalue weighted by atomic mass is 10.1. The molecule has 5 nitrogen and oxygen atoms in total. The lowest BCUT2D eigenvalue weighted by Crippen LogP contribution is -2.29. The largest absolute Gasteiger partial charge is 0.496 e. The molecule has 1 aliphatic rings. The van der Waals surface area contributed by atoms with E-state index in [1.165, 1.54) is 19.3 Å². The Balaban J connectivity index is 1.85. The van der Waals surface area contributed by atoms with Crippen LogP contribution in [0.15, 0.2) is 42.0 Å². The van der Waals surface area contributed by atoms with Gasteiger partial charge in [-0.3, -0.25) is 4.79 Å². The monoisotopic (exact) mass is 409 g/mol. The first kappa shape index (κ1) is 20.8. The Hall–Kier alpha value is -2.97. The van der Waals surface area contributed by atoms with Crippen LogP contribution < -0.4 is 15.0 Å². The van der Waals surface area contributed by atoms with Crippen molar-refractivity contribution in [3.05, 3.63) is 58.1 Å². The molecule has 2 aromatic carbocycles. The smallest absolute Gasteiger partial charge is 0.266 e. The second-order valence-corrected chi connectivity index (χ2v) is 7.42. The molecule has 0 aliphatic carbocycles. The van der Waals surface area contributed by atoms with Crippen LogP contribution in [-0.4, -0.2) is 26.1 Å². The number of halogens is 1. The quantitative estimate of drug-likeness (QED) is 0.545. The van der Waals surface area contributed by atoms with Crippen molar-refractivity contribution in [3.8, 4) is 11.8 Å². The van der Waals surface area contributed by atoms with Crippen LogP contribution in [0.1, 0.15) is 30.4 Å². The second-order valence-electron chi connectivity index (χ2n) is 7.01. The van der Waals surface area contributed by atoms with Crippen molar-refractivity contribution in [2.24, 2.45) is 0 Å². The minimum atomic E-state index is -0.486. The molecule has 0 unspecified atom stereocenters. The molecule has 0 radical (unpaired) electrons. The molecule has 2 aromatic rings. The number of hydrogen-bond acceptors (Lipinski definition) is 4. The summed E-state index contributed by atoms with van der Waals surface area (Å²) in [5.41, 5.74) is 3.10. The first-order valence-corrected chi connectivity index (χ1v) is 10.0. The number of anilines is 2. The molecule has 1 amide bonds. The Morgan fingerprint density at radius 2 is 2.00 bits per heavy atom. The molecule has 0 aromatic heterocycles. The van der Waals surface area contributed by atoms with Gasteiger partial charge in [0.05, 0.1) is 7.11 Å². The number of methoxy groups -OCH3 is 1. The van der Waals surface area contributed by atoms with E-state index < -0.39 is 5.91 Å². The van der Waals surface area contributed by atoms with E-state index in [-0.39, 0.29) is 5.57 Å². The van der Waals surface area contributed by atoms with Crippen LogP contribution in [0.4, 0.5) is 11.4 Å². The number of nitriles is 1. The minimum absolute atomic E-state index is 0.00611. The third kappa shape index (κ3) is 4.90. The van der Waals surface area contributed by atoms with Gasteiger partial charge in [-0.1, -0.05) is 17.7 Å². The summed E-state index contributed by atoms with van der Waals surface area (Å²) in [4.78, 5) is 15.0. The third-order valence-corrected chi connectivity index (χ3v) is 5.53. The van der Waals surface area contributed by atoms with Gasteiger partial charge in [-0.15, -0.1) is 0 Å². The third-order valence-electron chi connectivity index (χ3n) is 5.12. The first-order chi connectivity index (χ1) is 14.0. The Labute approximate surface area is 176 Å². The standard InChI is InChI=1S/C23H24ClN3O2/c1-16-20(24)7-6-8-21(16)26-23(28)18(15-25)13-17-9-10-19(14-22(17)29-2)27-11-4-3-5-12-27/h6-10,13-14H,3-5,11-12H2,1-2H3,(H,26,28)/b18-13+. The van der Waals surface area contributed by atoms with Crippen LogP contribution in [0.3, 0.4) is 0 Å². The van der Waals surface area contributed by atoms with Gasteiger partial charge in [0.1, 0.15) is 17.4 Å². The van der Waals surface area contributed by atoms with E-state index in [0.29, 0.717) is 22.0 Å². The van der Waals surface area contributed by atoms with Gasteiger partial charge in [0, 0.05) is 41.1 Å². The molecule has 1 fully saturated rings. The van der Waals surface area contributed by atoms with E-state index in [1.807, 2.05) is 31.2 Å². The second kappa shape index (κ2) is 9.49. The number of carbonyl (C=O) groups is 1. The van der Waals surface area contributed by atoms with Crippen LogP contribution in [0, 0.1) is 18.3 Å². The molecular formula is C23H24ClN3O2. The Bertz CT molecular complexity index is 973. The molecular weight excluding hydrogens is 386 g/mol. The molecule has 0 atom stereocenters. The Morgan fingerprint density at radius 1 is 1.24 bits per heavy atom. The highest BCUT2D eigenvalue weighted by molar-refractivity contribution is 6.31. The van der Waals surface area contributed by atoms with Gasteiger partial charge in [0.15, 0.2) is 0 Å². The number of amides is 1. The number of nitrogens with zero attached hydrogens (tertiary/aromatic N) is 2. The molecule has 0 saturated carbocycles. The summed E-state index contributed by atoms with van der Waals surface area (Å²) in [6.07, 6.45) is 5.19. The molecule has 0 spiro atoms. The number of nitrogens with one attached hydrogen (secondary N) is 1. The summed E-state index contributed by atoms with van der Waals surface area (Å²) in [7, 11) is 1.59. The highest BCUT2D eigenvalue weighted by Gasteiger charge is 2.15. The van der Waals surface area contributed by atoms with Crippen molar-refractivity contribution < 1.29 is 9.53 Å². The highest BCUT2D eigenvalue weighted by atomic mass is 35.5. The minimum Gasteiger partial charge on any atom is -0.496 e. The number of carbonyl (C=O) groups excluding carboxylic acids is 1. The predicted molar refractivity (Wildman–Crippen MR) is 117 cm³/mol. The summed E-state index contributed by atoms with van der Waals surface area (Å²) in [6.45, 7) is 3.88. The summed E-state index contributed by atoms with van der Waals surface area (Å²) in [6, 6.07) is 13.1. The van der Waals surface area contributed by atoms with Crippen molar-refractivity contribution >= 4 is 35.0 Å². The van der Waals surface area contributed by atoms with E-state index in [9.17, 15) is 10.1 Å². The number of piperidine rings is 1. The van der Waals surface area contributed by atoms with Gasteiger partial charge in [0.25, 0.3) is 5.91 Å². The van der Waals surface area contributed by atoms with Crippen LogP contribution >= 0.6 is 11.6 Å². The Kier molecular flexibility index (Phi) is 6.79. The SMILES string of the molecule is COc1cc(N2CCCCC2)ccc1/C=C(\C#N)C(=O)Nc1cccc(Cl)c1C. The molecule has 150 valence electrons. The fourth-order valence-corrected chi connectivity index (χ4v) is 3.58. The maximum absolute atomic E-state index is 12.6. The van der Waals surface area contributed by atoms with Crippen molar-refractivity contribution in [1.29, 1.82) is 5.26 Å². The van der Waals surface area contributed by atoms with E-state index in [1.54, 1.807) is 31.4 Å². The van der Waals surface area contributed by atoms with Crippen LogP contribution in [0.5, 0.6) is 5.75 Å². The topological polar surface area (TPSA) is 65.4 Å². The molecule has 3 rings (SSSR count). The Morgan fingerprint density at radius 3 is 2.69 bits per heavy atom. The zero-order valence-electron chi connectivity index (χ0n) is 16.7. The molecule has 1 heterocycles. The van der Waals surface area contributed by atoms with Gasteiger partial charge in [0.2, 0.25) is 0 Å². The average molecular weight is 410 g/mol. The van der Waals surface area contributed by atoms with Crippen molar-refractivity contribution in [3.63, 3.8) is 0 Å². The molecule has 1 N–H and O–H groups in total. The van der Waals surface area contributed by atoms with Crippen molar-refractivity contribution in [2.75, 3.05) is 30.4 Å². The number of ether oxygens (including phenoxy) is 1. The lowest BCUT2D eigenvalue weighted by Gasteiger charge is -2.29. The van der Waals surface area contributed by atoms with Gasteiger partial charge in [-0.25, -0.2) is 0 Å². The number of benzene rings is 2.